The number of rotatable bonds is 3. The van der Waals surface area contributed by atoms with E-state index in [1.165, 1.54) is 0 Å². The summed E-state index contributed by atoms with van der Waals surface area (Å²) in [6, 6.07) is 4.76. The first-order valence-electron chi connectivity index (χ1n) is 5.75. The molecular formula is C13H11BrFN3S. The summed E-state index contributed by atoms with van der Waals surface area (Å²) in [5.74, 6) is -0.295. The molecule has 0 saturated carbocycles. The van der Waals surface area contributed by atoms with Crippen LogP contribution in [0.3, 0.4) is 0 Å². The highest BCUT2D eigenvalue weighted by molar-refractivity contribution is 9.10. The smallest absolute Gasteiger partial charge is 0.193 e. The Balaban J connectivity index is 1.86. The summed E-state index contributed by atoms with van der Waals surface area (Å²) in [5, 5.41) is 1.97. The van der Waals surface area contributed by atoms with Crippen LogP contribution < -0.4 is 5.73 Å². The van der Waals surface area contributed by atoms with Crippen molar-refractivity contribution >= 4 is 32.2 Å². The van der Waals surface area contributed by atoms with Gasteiger partial charge in [0.2, 0.25) is 0 Å². The van der Waals surface area contributed by atoms with Crippen LogP contribution in [0.4, 0.5) is 4.39 Å². The van der Waals surface area contributed by atoms with Gasteiger partial charge in [-0.3, -0.25) is 4.40 Å². The number of halogens is 2. The van der Waals surface area contributed by atoms with Gasteiger partial charge in [-0.25, -0.2) is 9.37 Å². The zero-order chi connectivity index (χ0) is 13.4. The van der Waals surface area contributed by atoms with Gasteiger partial charge in [-0.05, 0) is 22.0 Å². The maximum atomic E-state index is 13.9. The number of hydrogen-bond donors (Lipinski definition) is 1. The molecule has 0 aliphatic rings. The molecule has 2 aromatic heterocycles. The van der Waals surface area contributed by atoms with Crippen LogP contribution in [-0.2, 0) is 6.42 Å². The van der Waals surface area contributed by atoms with Crippen molar-refractivity contribution < 1.29 is 4.39 Å². The Morgan fingerprint density at radius 2 is 2.32 bits per heavy atom. The molecule has 0 spiro atoms. The average Bonchev–Trinajstić information content (AvgIpc) is 2.93. The SMILES string of the molecule is NC(Cc1cn2ccsc2n1)c1cccc(Br)c1F. The van der Waals surface area contributed by atoms with E-state index in [-0.39, 0.29) is 5.82 Å². The van der Waals surface area contributed by atoms with Crippen LogP contribution in [0.5, 0.6) is 0 Å². The largest absolute Gasteiger partial charge is 0.324 e. The molecule has 0 saturated heterocycles. The third-order valence-corrected chi connectivity index (χ3v) is 4.34. The molecule has 1 aromatic carbocycles. The van der Waals surface area contributed by atoms with E-state index in [9.17, 15) is 4.39 Å². The first-order valence-corrected chi connectivity index (χ1v) is 7.43. The fraction of sp³-hybridized carbons (Fsp3) is 0.154. The molecule has 0 amide bonds. The number of benzene rings is 1. The molecule has 0 aliphatic heterocycles. The molecule has 2 N–H and O–H groups in total. The highest BCUT2D eigenvalue weighted by Crippen LogP contribution is 2.25. The number of imidazole rings is 1. The van der Waals surface area contributed by atoms with Crippen molar-refractivity contribution in [2.24, 2.45) is 5.73 Å². The summed E-state index contributed by atoms with van der Waals surface area (Å²) >= 11 is 4.74. The van der Waals surface area contributed by atoms with Crippen molar-refractivity contribution in [1.82, 2.24) is 9.38 Å². The Morgan fingerprint density at radius 3 is 3.11 bits per heavy atom. The van der Waals surface area contributed by atoms with Gasteiger partial charge in [0.25, 0.3) is 0 Å². The van der Waals surface area contributed by atoms with Crippen LogP contribution in [0, 0.1) is 5.82 Å². The predicted octanol–water partition coefficient (Wildman–Crippen LogP) is 3.54. The van der Waals surface area contributed by atoms with Crippen molar-refractivity contribution in [2.75, 3.05) is 0 Å². The van der Waals surface area contributed by atoms with Crippen LogP contribution >= 0.6 is 27.3 Å². The van der Waals surface area contributed by atoms with E-state index in [1.54, 1.807) is 29.5 Å². The second-order valence-electron chi connectivity index (χ2n) is 4.28. The van der Waals surface area contributed by atoms with Crippen LogP contribution in [0.25, 0.3) is 4.96 Å². The van der Waals surface area contributed by atoms with E-state index < -0.39 is 6.04 Å². The predicted molar refractivity (Wildman–Crippen MR) is 77.8 cm³/mol. The van der Waals surface area contributed by atoms with E-state index in [2.05, 4.69) is 20.9 Å². The van der Waals surface area contributed by atoms with Crippen LogP contribution in [-0.4, -0.2) is 9.38 Å². The number of nitrogens with zero attached hydrogens (tertiary/aromatic N) is 2. The molecule has 1 atom stereocenters. The third kappa shape index (κ3) is 2.43. The highest BCUT2D eigenvalue weighted by atomic mass is 79.9. The second-order valence-corrected chi connectivity index (χ2v) is 6.01. The summed E-state index contributed by atoms with van der Waals surface area (Å²) in [7, 11) is 0. The fourth-order valence-corrected chi connectivity index (χ4v) is 3.12. The molecule has 1 unspecified atom stereocenters. The number of fused-ring (bicyclic) bond motifs is 1. The van der Waals surface area contributed by atoms with E-state index in [0.29, 0.717) is 16.5 Å². The van der Waals surface area contributed by atoms with Crippen molar-refractivity contribution in [3.8, 4) is 0 Å². The molecule has 0 aliphatic carbocycles. The first kappa shape index (κ1) is 12.8. The summed E-state index contributed by atoms with van der Waals surface area (Å²) in [5.41, 5.74) is 7.46. The maximum Gasteiger partial charge on any atom is 0.193 e. The van der Waals surface area contributed by atoms with Crippen molar-refractivity contribution in [3.63, 3.8) is 0 Å². The van der Waals surface area contributed by atoms with E-state index in [4.69, 9.17) is 5.73 Å². The fourth-order valence-electron chi connectivity index (χ4n) is 2.02. The Kier molecular flexibility index (Phi) is 3.38. The van der Waals surface area contributed by atoms with Gasteiger partial charge in [0.05, 0.1) is 10.2 Å². The van der Waals surface area contributed by atoms with E-state index in [1.807, 2.05) is 22.2 Å². The lowest BCUT2D eigenvalue weighted by atomic mass is 10.0. The lowest BCUT2D eigenvalue weighted by Crippen LogP contribution is -2.15. The Hall–Kier alpha value is -1.24. The minimum atomic E-state index is -0.401. The molecule has 2 heterocycles. The Labute approximate surface area is 122 Å². The minimum Gasteiger partial charge on any atom is -0.324 e. The monoisotopic (exact) mass is 339 g/mol. The van der Waals surface area contributed by atoms with Gasteiger partial charge >= 0.3 is 0 Å². The number of nitrogens with two attached hydrogens (primary N) is 1. The summed E-state index contributed by atoms with van der Waals surface area (Å²) in [6.45, 7) is 0. The van der Waals surface area contributed by atoms with Crippen LogP contribution in [0.2, 0.25) is 0 Å². The van der Waals surface area contributed by atoms with Crippen molar-refractivity contribution in [3.05, 3.63) is 57.5 Å². The maximum absolute atomic E-state index is 13.9. The van der Waals surface area contributed by atoms with Crippen LogP contribution in [0.1, 0.15) is 17.3 Å². The van der Waals surface area contributed by atoms with Crippen LogP contribution in [0.15, 0.2) is 40.4 Å². The van der Waals surface area contributed by atoms with Gasteiger partial charge in [0.1, 0.15) is 5.82 Å². The van der Waals surface area contributed by atoms with Gasteiger partial charge in [-0.2, -0.15) is 0 Å². The average molecular weight is 340 g/mol. The second kappa shape index (κ2) is 5.03. The standard InChI is InChI=1S/C13H11BrFN3S/c14-10-3-1-2-9(12(10)15)11(16)6-8-7-18-4-5-19-13(18)17-8/h1-5,7,11H,6,16H2. The lowest BCUT2D eigenvalue weighted by Gasteiger charge is -2.12. The molecule has 3 rings (SSSR count). The first-order chi connectivity index (χ1) is 9.15. The third-order valence-electron chi connectivity index (χ3n) is 2.95. The molecule has 0 fully saturated rings. The summed E-state index contributed by atoms with van der Waals surface area (Å²) in [4.78, 5) is 5.39. The molecule has 19 heavy (non-hydrogen) atoms. The zero-order valence-electron chi connectivity index (χ0n) is 9.88. The van der Waals surface area contributed by atoms with E-state index >= 15 is 0 Å². The number of thiazole rings is 1. The van der Waals surface area contributed by atoms with Gasteiger partial charge in [-0.1, -0.05) is 12.1 Å². The molecule has 6 heteroatoms. The molecule has 0 bridgehead atoms. The topological polar surface area (TPSA) is 43.3 Å². The number of hydrogen-bond acceptors (Lipinski definition) is 3. The minimum absolute atomic E-state index is 0.295. The molecule has 3 aromatic rings. The normalized spacial score (nSPS) is 13.0. The van der Waals surface area contributed by atoms with Gasteiger partial charge in [0, 0.05) is 35.8 Å². The van der Waals surface area contributed by atoms with Gasteiger partial charge in [-0.15, -0.1) is 11.3 Å². The Bertz CT molecular complexity index is 693. The van der Waals surface area contributed by atoms with E-state index in [0.717, 1.165) is 10.7 Å². The lowest BCUT2D eigenvalue weighted by molar-refractivity contribution is 0.573. The summed E-state index contributed by atoms with van der Waals surface area (Å²) < 4.78 is 16.3. The zero-order valence-corrected chi connectivity index (χ0v) is 12.3. The van der Waals surface area contributed by atoms with Crippen molar-refractivity contribution in [1.29, 1.82) is 0 Å². The number of aromatic nitrogens is 2. The molecular weight excluding hydrogens is 329 g/mol. The molecule has 0 radical (unpaired) electrons. The molecule has 98 valence electrons. The summed E-state index contributed by atoms with van der Waals surface area (Å²) in [6.07, 6.45) is 4.39. The molecule has 3 nitrogen and oxygen atoms in total. The Morgan fingerprint density at radius 1 is 1.47 bits per heavy atom. The van der Waals surface area contributed by atoms with Crippen molar-refractivity contribution in [2.45, 2.75) is 12.5 Å². The van der Waals surface area contributed by atoms with Gasteiger partial charge < -0.3 is 5.73 Å². The highest BCUT2D eigenvalue weighted by Gasteiger charge is 2.15. The quantitative estimate of drug-likeness (QED) is 0.793. The van der Waals surface area contributed by atoms with Gasteiger partial charge in [0.15, 0.2) is 4.96 Å².